The lowest BCUT2D eigenvalue weighted by molar-refractivity contribution is -0.121. The van der Waals surface area contributed by atoms with Crippen LogP contribution in [-0.2, 0) is 4.79 Å². The van der Waals surface area contributed by atoms with E-state index in [0.29, 0.717) is 17.6 Å². The first kappa shape index (κ1) is 12.7. The van der Waals surface area contributed by atoms with Gasteiger partial charge in [0.2, 0.25) is 0 Å². The zero-order valence-corrected chi connectivity index (χ0v) is 10.2. The summed E-state index contributed by atoms with van der Waals surface area (Å²) in [6, 6.07) is 0. The first-order valence-corrected chi connectivity index (χ1v) is 6.48. The van der Waals surface area contributed by atoms with Crippen molar-refractivity contribution in [2.75, 3.05) is 13.1 Å². The van der Waals surface area contributed by atoms with Crippen molar-refractivity contribution in [3.8, 4) is 0 Å². The first-order chi connectivity index (χ1) is 7.26. The molecule has 15 heavy (non-hydrogen) atoms. The van der Waals surface area contributed by atoms with E-state index < -0.39 is 0 Å². The molecule has 0 radical (unpaired) electrons. The first-order valence-electron chi connectivity index (χ1n) is 6.48. The Morgan fingerprint density at radius 3 is 2.67 bits per heavy atom. The predicted octanol–water partition coefficient (Wildman–Crippen LogP) is 2.77. The molecule has 2 heteroatoms. The van der Waals surface area contributed by atoms with Crippen LogP contribution >= 0.6 is 0 Å². The van der Waals surface area contributed by atoms with Gasteiger partial charge in [0.1, 0.15) is 5.78 Å². The lowest BCUT2D eigenvalue weighted by Crippen LogP contribution is -2.31. The number of ketones is 1. The molecule has 2 nitrogen and oxygen atoms in total. The Hall–Kier alpha value is -0.370. The van der Waals surface area contributed by atoms with E-state index in [4.69, 9.17) is 0 Å². The van der Waals surface area contributed by atoms with Crippen LogP contribution in [0.5, 0.6) is 0 Å². The van der Waals surface area contributed by atoms with Gasteiger partial charge in [-0.2, -0.15) is 0 Å². The minimum atomic E-state index is 0.484. The zero-order chi connectivity index (χ0) is 11.1. The third-order valence-corrected chi connectivity index (χ3v) is 3.59. The standard InChI is InChI=1S/C13H25NO/c1-3-11(4-2)8-13(15)9-12-6-5-7-14-10-12/h11-12,14H,3-10H2,1-2H3. The van der Waals surface area contributed by atoms with Crippen LogP contribution in [0, 0.1) is 11.8 Å². The fraction of sp³-hybridized carbons (Fsp3) is 0.923. The Bertz CT molecular complexity index is 181. The molecule has 1 rings (SSSR count). The molecule has 0 aromatic heterocycles. The summed E-state index contributed by atoms with van der Waals surface area (Å²) in [4.78, 5) is 11.8. The van der Waals surface area contributed by atoms with E-state index in [1.54, 1.807) is 0 Å². The monoisotopic (exact) mass is 211 g/mol. The Kier molecular flexibility index (Phi) is 5.92. The van der Waals surface area contributed by atoms with Crippen LogP contribution in [0.15, 0.2) is 0 Å². The van der Waals surface area contributed by atoms with Gasteiger partial charge in [0.05, 0.1) is 0 Å². The Morgan fingerprint density at radius 1 is 1.40 bits per heavy atom. The largest absolute Gasteiger partial charge is 0.316 e. The van der Waals surface area contributed by atoms with E-state index in [2.05, 4.69) is 19.2 Å². The number of nitrogens with one attached hydrogen (secondary N) is 1. The van der Waals surface area contributed by atoms with Gasteiger partial charge in [-0.1, -0.05) is 26.7 Å². The van der Waals surface area contributed by atoms with Gasteiger partial charge in [-0.3, -0.25) is 4.79 Å². The summed E-state index contributed by atoms with van der Waals surface area (Å²) < 4.78 is 0. The van der Waals surface area contributed by atoms with Crippen LogP contribution in [0.3, 0.4) is 0 Å². The van der Waals surface area contributed by atoms with Crippen molar-refractivity contribution in [2.45, 2.75) is 52.4 Å². The molecule has 0 aliphatic carbocycles. The fourth-order valence-electron chi connectivity index (χ4n) is 2.40. The Morgan fingerprint density at radius 2 is 2.13 bits per heavy atom. The van der Waals surface area contributed by atoms with Gasteiger partial charge in [0, 0.05) is 12.8 Å². The summed E-state index contributed by atoms with van der Waals surface area (Å²) in [5.41, 5.74) is 0. The summed E-state index contributed by atoms with van der Waals surface area (Å²) in [5, 5.41) is 3.37. The summed E-state index contributed by atoms with van der Waals surface area (Å²) in [5.74, 6) is 1.71. The smallest absolute Gasteiger partial charge is 0.133 e. The third kappa shape index (κ3) is 4.78. The molecule has 0 aromatic rings. The van der Waals surface area contributed by atoms with E-state index >= 15 is 0 Å². The highest BCUT2D eigenvalue weighted by molar-refractivity contribution is 5.78. The van der Waals surface area contributed by atoms with Gasteiger partial charge in [0.25, 0.3) is 0 Å². The van der Waals surface area contributed by atoms with Gasteiger partial charge in [0.15, 0.2) is 0 Å². The van der Waals surface area contributed by atoms with Crippen LogP contribution in [0.4, 0.5) is 0 Å². The van der Waals surface area contributed by atoms with Crippen LogP contribution in [-0.4, -0.2) is 18.9 Å². The summed E-state index contributed by atoms with van der Waals surface area (Å²) in [6.07, 6.45) is 6.38. The zero-order valence-electron chi connectivity index (χ0n) is 10.2. The highest BCUT2D eigenvalue weighted by atomic mass is 16.1. The molecular formula is C13H25NO. The maximum Gasteiger partial charge on any atom is 0.133 e. The quantitative estimate of drug-likeness (QED) is 0.732. The number of carbonyl (C=O) groups is 1. The molecule has 0 aromatic carbocycles. The summed E-state index contributed by atoms with van der Waals surface area (Å²) >= 11 is 0. The average molecular weight is 211 g/mol. The molecule has 1 aliphatic heterocycles. The van der Waals surface area contributed by atoms with Crippen molar-refractivity contribution in [3.63, 3.8) is 0 Å². The third-order valence-electron chi connectivity index (χ3n) is 3.59. The summed E-state index contributed by atoms with van der Waals surface area (Å²) in [7, 11) is 0. The molecular weight excluding hydrogens is 186 g/mol. The Balaban J connectivity index is 2.21. The van der Waals surface area contributed by atoms with Gasteiger partial charge < -0.3 is 5.32 Å². The van der Waals surface area contributed by atoms with E-state index in [1.165, 1.54) is 12.8 Å². The number of Topliss-reactive ketones (excluding diaryl/α,β-unsaturated/α-hetero) is 1. The minimum Gasteiger partial charge on any atom is -0.316 e. The van der Waals surface area contributed by atoms with Gasteiger partial charge in [-0.25, -0.2) is 0 Å². The van der Waals surface area contributed by atoms with Gasteiger partial charge >= 0.3 is 0 Å². The van der Waals surface area contributed by atoms with Crippen molar-refractivity contribution in [1.29, 1.82) is 0 Å². The van der Waals surface area contributed by atoms with Crippen LogP contribution in [0.2, 0.25) is 0 Å². The lowest BCUT2D eigenvalue weighted by Gasteiger charge is -2.22. The molecule has 1 N–H and O–H groups in total. The van der Waals surface area contributed by atoms with Crippen LogP contribution in [0.1, 0.15) is 52.4 Å². The molecule has 1 atom stereocenters. The molecule has 0 spiro atoms. The normalized spacial score (nSPS) is 21.9. The minimum absolute atomic E-state index is 0.484. The average Bonchev–Trinajstić information content (AvgIpc) is 2.27. The van der Waals surface area contributed by atoms with E-state index in [9.17, 15) is 4.79 Å². The fourth-order valence-corrected chi connectivity index (χ4v) is 2.40. The predicted molar refractivity (Wildman–Crippen MR) is 63.9 cm³/mol. The number of carbonyl (C=O) groups excluding carboxylic acids is 1. The van der Waals surface area contributed by atoms with E-state index in [1.807, 2.05) is 0 Å². The molecule has 88 valence electrons. The maximum absolute atomic E-state index is 11.8. The maximum atomic E-state index is 11.8. The highest BCUT2D eigenvalue weighted by Crippen LogP contribution is 2.19. The van der Waals surface area contributed by atoms with Crippen molar-refractivity contribution >= 4 is 5.78 Å². The topological polar surface area (TPSA) is 29.1 Å². The van der Waals surface area contributed by atoms with Gasteiger partial charge in [-0.05, 0) is 37.8 Å². The van der Waals surface area contributed by atoms with Crippen molar-refractivity contribution in [1.82, 2.24) is 5.32 Å². The second-order valence-electron chi connectivity index (χ2n) is 4.84. The van der Waals surface area contributed by atoms with E-state index in [0.717, 1.165) is 38.8 Å². The molecule has 1 unspecified atom stereocenters. The number of hydrogen-bond acceptors (Lipinski definition) is 2. The molecule has 1 aliphatic rings. The highest BCUT2D eigenvalue weighted by Gasteiger charge is 2.18. The number of rotatable bonds is 6. The second kappa shape index (κ2) is 7.00. The molecule has 1 heterocycles. The van der Waals surface area contributed by atoms with Crippen molar-refractivity contribution < 1.29 is 4.79 Å². The van der Waals surface area contributed by atoms with Gasteiger partial charge in [-0.15, -0.1) is 0 Å². The second-order valence-corrected chi connectivity index (χ2v) is 4.84. The van der Waals surface area contributed by atoms with Crippen LogP contribution < -0.4 is 5.32 Å². The van der Waals surface area contributed by atoms with E-state index in [-0.39, 0.29) is 0 Å². The molecule has 0 saturated carbocycles. The molecule has 0 amide bonds. The summed E-state index contributed by atoms with van der Waals surface area (Å²) in [6.45, 7) is 6.55. The number of piperidine rings is 1. The van der Waals surface area contributed by atoms with Crippen LogP contribution in [0.25, 0.3) is 0 Å². The molecule has 1 saturated heterocycles. The lowest BCUT2D eigenvalue weighted by atomic mass is 9.89. The number of hydrogen-bond donors (Lipinski definition) is 1. The molecule has 1 fully saturated rings. The van der Waals surface area contributed by atoms with Crippen molar-refractivity contribution in [3.05, 3.63) is 0 Å². The Labute approximate surface area is 93.8 Å². The SMILES string of the molecule is CCC(CC)CC(=O)CC1CCCNC1. The molecule has 0 bridgehead atoms. The van der Waals surface area contributed by atoms with Crippen molar-refractivity contribution in [2.24, 2.45) is 11.8 Å².